The molecule has 0 unspecified atom stereocenters. The average Bonchev–Trinajstić information content (AvgIpc) is 2.84. The minimum absolute atomic E-state index is 0.108. The zero-order valence-electron chi connectivity index (χ0n) is 18.6. The topological polar surface area (TPSA) is 122 Å². The molecule has 0 fully saturated rings. The van der Waals surface area contributed by atoms with Crippen LogP contribution in [0.1, 0.15) is 26.3 Å². The van der Waals surface area contributed by atoms with Crippen molar-refractivity contribution in [3.63, 3.8) is 0 Å². The monoisotopic (exact) mass is 485 g/mol. The van der Waals surface area contributed by atoms with Gasteiger partial charge in [-0.15, -0.1) is 0 Å². The Morgan fingerprint density at radius 3 is 2.14 bits per heavy atom. The first-order chi connectivity index (χ1) is 16.7. The smallest absolute Gasteiger partial charge is 0.336 e. The first-order valence-corrected chi connectivity index (χ1v) is 9.88. The third-order valence-electron chi connectivity index (χ3n) is 4.43. The molecule has 0 radical (unpaired) electrons. The van der Waals surface area contributed by atoms with E-state index in [0.29, 0.717) is 23.1 Å². The SMILES string of the molecule is COc1ccc(C=CC(=O)O)c(OC)c1.O=C(O)c1ccccc1C(=O)Nc1ccc(F)cc1F. The molecule has 0 heterocycles. The van der Waals surface area contributed by atoms with E-state index in [9.17, 15) is 23.2 Å². The van der Waals surface area contributed by atoms with E-state index in [2.05, 4.69) is 5.32 Å². The van der Waals surface area contributed by atoms with E-state index >= 15 is 0 Å². The van der Waals surface area contributed by atoms with Gasteiger partial charge in [-0.3, -0.25) is 4.79 Å². The summed E-state index contributed by atoms with van der Waals surface area (Å²) < 4.78 is 36.3. The number of carbonyl (C=O) groups is 3. The van der Waals surface area contributed by atoms with Crippen LogP contribution in [0.15, 0.2) is 66.7 Å². The second-order valence-corrected chi connectivity index (χ2v) is 6.71. The summed E-state index contributed by atoms with van der Waals surface area (Å²) in [5.74, 6) is -3.51. The number of benzene rings is 3. The molecule has 0 spiro atoms. The van der Waals surface area contributed by atoms with Gasteiger partial charge in [0.25, 0.3) is 5.91 Å². The fourth-order valence-electron chi connectivity index (χ4n) is 2.77. The van der Waals surface area contributed by atoms with Crippen LogP contribution in [0.3, 0.4) is 0 Å². The molecule has 8 nitrogen and oxygen atoms in total. The normalized spacial score (nSPS) is 10.2. The number of hydrogen-bond donors (Lipinski definition) is 3. The minimum Gasteiger partial charge on any atom is -0.497 e. The molecular formula is C25H21F2NO7. The number of carboxylic acid groups (broad SMARTS) is 2. The number of rotatable bonds is 7. The zero-order chi connectivity index (χ0) is 26.0. The maximum Gasteiger partial charge on any atom is 0.336 e. The van der Waals surface area contributed by atoms with Gasteiger partial charge in [-0.25, -0.2) is 18.4 Å². The number of anilines is 1. The van der Waals surface area contributed by atoms with Crippen LogP contribution in [0.2, 0.25) is 0 Å². The van der Waals surface area contributed by atoms with Crippen molar-refractivity contribution in [1.29, 1.82) is 0 Å². The maximum atomic E-state index is 13.4. The number of nitrogens with one attached hydrogen (secondary N) is 1. The van der Waals surface area contributed by atoms with Gasteiger partial charge in [-0.2, -0.15) is 0 Å². The van der Waals surface area contributed by atoms with Gasteiger partial charge in [0.1, 0.15) is 23.1 Å². The Hall–Kier alpha value is -4.73. The standard InChI is InChI=1S/C14H9F2NO3.C11H12O4/c15-8-5-6-12(11(16)7-8)17-13(18)9-3-1-2-4-10(9)14(19)20;1-14-9-5-3-8(4-6-11(12)13)10(7-9)15-2/h1-7H,(H,17,18)(H,19,20);3-7H,1-2H3,(H,12,13). The first-order valence-electron chi connectivity index (χ1n) is 9.88. The summed E-state index contributed by atoms with van der Waals surface area (Å²) in [5, 5.41) is 19.7. The van der Waals surface area contributed by atoms with Crippen LogP contribution >= 0.6 is 0 Å². The number of halogens is 2. The molecule has 3 aromatic rings. The Morgan fingerprint density at radius 1 is 0.886 bits per heavy atom. The van der Waals surface area contributed by atoms with E-state index in [4.69, 9.17) is 19.7 Å². The second kappa shape index (κ2) is 12.5. The molecule has 3 aromatic carbocycles. The predicted octanol–water partition coefficient (Wildman–Crippen LogP) is 4.72. The molecule has 35 heavy (non-hydrogen) atoms. The lowest BCUT2D eigenvalue weighted by Crippen LogP contribution is -2.17. The molecule has 1 amide bonds. The Morgan fingerprint density at radius 2 is 1.57 bits per heavy atom. The van der Waals surface area contributed by atoms with Crippen LogP contribution in [-0.4, -0.2) is 42.3 Å². The molecule has 0 aliphatic heterocycles. The van der Waals surface area contributed by atoms with Crippen molar-refractivity contribution in [1.82, 2.24) is 0 Å². The quantitative estimate of drug-likeness (QED) is 0.414. The van der Waals surface area contributed by atoms with E-state index < -0.39 is 29.5 Å². The molecule has 10 heteroatoms. The molecule has 0 aliphatic rings. The molecule has 0 bridgehead atoms. The lowest BCUT2D eigenvalue weighted by atomic mass is 10.1. The Kier molecular flexibility index (Phi) is 9.47. The number of hydrogen-bond acceptors (Lipinski definition) is 5. The summed E-state index contributed by atoms with van der Waals surface area (Å²) in [6, 6.07) is 13.4. The minimum atomic E-state index is -1.27. The highest BCUT2D eigenvalue weighted by atomic mass is 19.1. The van der Waals surface area contributed by atoms with E-state index in [0.717, 1.165) is 18.2 Å². The highest BCUT2D eigenvalue weighted by Crippen LogP contribution is 2.25. The van der Waals surface area contributed by atoms with Gasteiger partial charge < -0.3 is 25.0 Å². The average molecular weight is 485 g/mol. The number of amides is 1. The Bertz CT molecular complexity index is 1260. The van der Waals surface area contributed by atoms with Crippen molar-refractivity contribution >= 4 is 29.6 Å². The number of aliphatic carboxylic acids is 1. The number of aromatic carboxylic acids is 1. The van der Waals surface area contributed by atoms with Gasteiger partial charge in [-0.05, 0) is 42.5 Å². The molecule has 3 N–H and O–H groups in total. The largest absolute Gasteiger partial charge is 0.497 e. The third-order valence-corrected chi connectivity index (χ3v) is 4.43. The lowest BCUT2D eigenvalue weighted by Gasteiger charge is -2.08. The summed E-state index contributed by atoms with van der Waals surface area (Å²) in [4.78, 5) is 33.3. The molecule has 0 aromatic heterocycles. The fourth-order valence-corrected chi connectivity index (χ4v) is 2.77. The van der Waals surface area contributed by atoms with Gasteiger partial charge in [0.05, 0.1) is 31.0 Å². The van der Waals surface area contributed by atoms with Crippen molar-refractivity contribution in [3.8, 4) is 11.5 Å². The van der Waals surface area contributed by atoms with Crippen molar-refractivity contribution < 1.29 is 42.9 Å². The lowest BCUT2D eigenvalue weighted by molar-refractivity contribution is -0.131. The number of carboxylic acids is 2. The third kappa shape index (κ3) is 7.67. The van der Waals surface area contributed by atoms with E-state index in [1.807, 2.05) is 0 Å². The molecule has 0 atom stereocenters. The summed E-state index contributed by atoms with van der Waals surface area (Å²) >= 11 is 0. The molecule has 182 valence electrons. The zero-order valence-corrected chi connectivity index (χ0v) is 18.6. The van der Waals surface area contributed by atoms with Crippen molar-refractivity contribution in [2.75, 3.05) is 19.5 Å². The molecule has 0 saturated heterocycles. The van der Waals surface area contributed by atoms with Gasteiger partial charge >= 0.3 is 11.9 Å². The van der Waals surface area contributed by atoms with E-state index in [1.54, 1.807) is 25.3 Å². The number of methoxy groups -OCH3 is 2. The Balaban J connectivity index is 0.000000258. The van der Waals surface area contributed by atoms with Crippen molar-refractivity contribution in [3.05, 3.63) is 95.1 Å². The first kappa shape index (κ1) is 26.5. The molecule has 0 saturated carbocycles. The summed E-state index contributed by atoms with van der Waals surface area (Å²) in [5.41, 5.74) is 0.161. The maximum absolute atomic E-state index is 13.4. The highest BCUT2D eigenvalue weighted by Gasteiger charge is 2.17. The summed E-state index contributed by atoms with van der Waals surface area (Å²) in [6.07, 6.45) is 2.53. The van der Waals surface area contributed by atoms with Crippen LogP contribution in [0, 0.1) is 11.6 Å². The number of carbonyl (C=O) groups excluding carboxylic acids is 1. The predicted molar refractivity (Wildman–Crippen MR) is 124 cm³/mol. The molecule has 3 rings (SSSR count). The summed E-state index contributed by atoms with van der Waals surface area (Å²) in [7, 11) is 3.08. The van der Waals surface area contributed by atoms with E-state index in [-0.39, 0.29) is 16.8 Å². The van der Waals surface area contributed by atoms with E-state index in [1.165, 1.54) is 37.5 Å². The van der Waals surface area contributed by atoms with Gasteiger partial charge in [0.2, 0.25) is 0 Å². The van der Waals surface area contributed by atoms with Gasteiger partial charge in [-0.1, -0.05) is 12.1 Å². The number of ether oxygens (including phenoxy) is 2. The second-order valence-electron chi connectivity index (χ2n) is 6.71. The van der Waals surface area contributed by atoms with Crippen LogP contribution in [0.4, 0.5) is 14.5 Å². The van der Waals surface area contributed by atoms with Crippen molar-refractivity contribution in [2.45, 2.75) is 0 Å². The van der Waals surface area contributed by atoms with Crippen molar-refractivity contribution in [2.24, 2.45) is 0 Å². The van der Waals surface area contributed by atoms with Crippen LogP contribution in [0.25, 0.3) is 6.08 Å². The fraction of sp³-hybridized carbons (Fsp3) is 0.0800. The summed E-state index contributed by atoms with van der Waals surface area (Å²) in [6.45, 7) is 0. The van der Waals surface area contributed by atoms with Gasteiger partial charge in [0, 0.05) is 23.8 Å². The Labute approximate surface area is 199 Å². The van der Waals surface area contributed by atoms with Gasteiger partial charge in [0.15, 0.2) is 0 Å². The van der Waals surface area contributed by atoms with Crippen LogP contribution < -0.4 is 14.8 Å². The van der Waals surface area contributed by atoms with Crippen LogP contribution in [0.5, 0.6) is 11.5 Å². The molecule has 0 aliphatic carbocycles. The highest BCUT2D eigenvalue weighted by molar-refractivity contribution is 6.10. The van der Waals surface area contributed by atoms with Crippen LogP contribution in [-0.2, 0) is 4.79 Å². The molecular weight excluding hydrogens is 464 g/mol.